The van der Waals surface area contributed by atoms with Gasteiger partial charge in [0.15, 0.2) is 16.6 Å². The first-order chi connectivity index (χ1) is 10.1. The van der Waals surface area contributed by atoms with Gasteiger partial charge in [0.05, 0.1) is 10.2 Å². The van der Waals surface area contributed by atoms with Crippen LogP contribution in [0, 0.1) is 0 Å². The normalized spacial score (nSPS) is 15.3. The van der Waals surface area contributed by atoms with Crippen molar-refractivity contribution in [3.05, 3.63) is 42.5 Å². The lowest BCUT2D eigenvalue weighted by atomic mass is 10.3. The summed E-state index contributed by atoms with van der Waals surface area (Å²) in [5, 5.41) is 3.76. The molecule has 2 aromatic carbocycles. The Balaban J connectivity index is 1.63. The summed E-state index contributed by atoms with van der Waals surface area (Å²) in [5.74, 6) is 0.0287. The monoisotopic (exact) mass is 306 g/mol. The van der Waals surface area contributed by atoms with E-state index in [2.05, 4.69) is 19.8 Å². The number of hydrogen-bond acceptors (Lipinski definition) is 5. The fourth-order valence-electron chi connectivity index (χ4n) is 2.08. The lowest BCUT2D eigenvalue weighted by molar-refractivity contribution is -0.286. The molecule has 0 aliphatic carbocycles. The minimum atomic E-state index is -3.60. The first-order valence-electron chi connectivity index (χ1n) is 6.12. The minimum Gasteiger partial charge on any atom is -0.395 e. The molecular formula is C14H8F2N2O2S. The predicted molar refractivity (Wildman–Crippen MR) is 75.5 cm³/mol. The highest BCUT2D eigenvalue weighted by atomic mass is 32.1. The van der Waals surface area contributed by atoms with Crippen LogP contribution in [0.1, 0.15) is 0 Å². The van der Waals surface area contributed by atoms with E-state index in [-0.39, 0.29) is 11.5 Å². The van der Waals surface area contributed by atoms with Gasteiger partial charge in [0.1, 0.15) is 0 Å². The highest BCUT2D eigenvalue weighted by molar-refractivity contribution is 7.22. The fraction of sp³-hybridized carbons (Fsp3) is 0.0714. The van der Waals surface area contributed by atoms with Gasteiger partial charge in [-0.05, 0) is 24.3 Å². The number of para-hydroxylation sites is 1. The third-order valence-electron chi connectivity index (χ3n) is 2.95. The Hall–Kier alpha value is -2.41. The zero-order valence-corrected chi connectivity index (χ0v) is 11.3. The molecule has 0 amide bonds. The summed E-state index contributed by atoms with van der Waals surface area (Å²) in [7, 11) is 0. The smallest absolute Gasteiger partial charge is 0.395 e. The second-order valence-electron chi connectivity index (χ2n) is 4.44. The highest BCUT2D eigenvalue weighted by Gasteiger charge is 2.43. The maximum absolute atomic E-state index is 13.0. The van der Waals surface area contributed by atoms with Crippen LogP contribution in [0.2, 0.25) is 0 Å². The Labute approximate surface area is 121 Å². The molecule has 4 rings (SSSR count). The number of anilines is 2. The van der Waals surface area contributed by atoms with Crippen molar-refractivity contribution in [1.82, 2.24) is 4.98 Å². The molecule has 0 saturated heterocycles. The SMILES string of the molecule is FC1(F)Oc2ccc(Nc3nc4ccccc4s3)cc2O1. The number of fused-ring (bicyclic) bond motifs is 2. The molecule has 0 fully saturated rings. The van der Waals surface area contributed by atoms with Gasteiger partial charge in [-0.1, -0.05) is 23.5 Å². The molecule has 0 radical (unpaired) electrons. The summed E-state index contributed by atoms with van der Waals surface area (Å²) in [6.07, 6.45) is -3.60. The Bertz CT molecular complexity index is 802. The van der Waals surface area contributed by atoms with Crippen LogP contribution in [-0.2, 0) is 0 Å². The van der Waals surface area contributed by atoms with Crippen LogP contribution in [-0.4, -0.2) is 11.3 Å². The van der Waals surface area contributed by atoms with Crippen LogP contribution in [0.15, 0.2) is 42.5 Å². The van der Waals surface area contributed by atoms with Gasteiger partial charge in [0.25, 0.3) is 0 Å². The largest absolute Gasteiger partial charge is 0.586 e. The van der Waals surface area contributed by atoms with Crippen LogP contribution in [0.25, 0.3) is 10.2 Å². The molecule has 1 aliphatic rings. The number of rotatable bonds is 2. The zero-order chi connectivity index (χ0) is 14.4. The Morgan fingerprint density at radius 2 is 1.86 bits per heavy atom. The summed E-state index contributed by atoms with van der Waals surface area (Å²) in [6, 6.07) is 12.3. The third kappa shape index (κ3) is 2.25. The van der Waals surface area contributed by atoms with E-state index in [0.717, 1.165) is 10.2 Å². The molecule has 7 heteroatoms. The maximum atomic E-state index is 13.0. The number of nitrogens with one attached hydrogen (secondary N) is 1. The summed E-state index contributed by atoms with van der Waals surface area (Å²) < 4.78 is 35.7. The molecule has 0 spiro atoms. The van der Waals surface area contributed by atoms with Crippen LogP contribution in [0.5, 0.6) is 11.5 Å². The average molecular weight is 306 g/mol. The zero-order valence-electron chi connectivity index (χ0n) is 10.5. The maximum Gasteiger partial charge on any atom is 0.586 e. The van der Waals surface area contributed by atoms with Crippen LogP contribution in [0.3, 0.4) is 0 Å². The number of halogens is 2. The van der Waals surface area contributed by atoms with Crippen molar-refractivity contribution >= 4 is 32.4 Å². The molecule has 0 unspecified atom stereocenters. The number of alkyl halides is 2. The number of nitrogens with zero attached hydrogens (tertiary/aromatic N) is 1. The van der Waals surface area contributed by atoms with E-state index in [1.165, 1.54) is 23.5 Å². The van der Waals surface area contributed by atoms with Crippen molar-refractivity contribution in [3.63, 3.8) is 0 Å². The standard InChI is InChI=1S/C14H8F2N2O2S/c15-14(16)19-10-6-5-8(7-11(10)20-14)17-13-18-9-3-1-2-4-12(9)21-13/h1-7H,(H,17,18). The molecule has 1 aliphatic heterocycles. The molecule has 1 aromatic heterocycles. The van der Waals surface area contributed by atoms with E-state index in [9.17, 15) is 8.78 Å². The Morgan fingerprint density at radius 3 is 2.71 bits per heavy atom. The van der Waals surface area contributed by atoms with Crippen LogP contribution >= 0.6 is 11.3 Å². The molecule has 0 atom stereocenters. The van der Waals surface area contributed by atoms with E-state index in [4.69, 9.17) is 0 Å². The second-order valence-corrected chi connectivity index (χ2v) is 5.47. The quantitative estimate of drug-likeness (QED) is 0.764. The Morgan fingerprint density at radius 1 is 1.05 bits per heavy atom. The van der Waals surface area contributed by atoms with E-state index in [1.807, 2.05) is 24.3 Å². The third-order valence-corrected chi connectivity index (χ3v) is 3.90. The van der Waals surface area contributed by atoms with Crippen molar-refractivity contribution in [2.75, 3.05) is 5.32 Å². The van der Waals surface area contributed by atoms with Gasteiger partial charge in [-0.2, -0.15) is 0 Å². The van der Waals surface area contributed by atoms with Gasteiger partial charge in [-0.15, -0.1) is 8.78 Å². The van der Waals surface area contributed by atoms with E-state index < -0.39 is 6.29 Å². The fourth-order valence-corrected chi connectivity index (χ4v) is 2.96. The first kappa shape index (κ1) is 12.3. The molecule has 0 saturated carbocycles. The van der Waals surface area contributed by atoms with Crippen LogP contribution < -0.4 is 14.8 Å². The predicted octanol–water partition coefficient (Wildman–Crippen LogP) is 4.36. The van der Waals surface area contributed by atoms with Crippen molar-refractivity contribution < 1.29 is 18.3 Å². The number of benzene rings is 2. The van der Waals surface area contributed by atoms with Crippen molar-refractivity contribution in [2.24, 2.45) is 0 Å². The molecule has 1 N–H and O–H groups in total. The van der Waals surface area contributed by atoms with E-state index >= 15 is 0 Å². The molecule has 2 heterocycles. The van der Waals surface area contributed by atoms with Crippen molar-refractivity contribution in [3.8, 4) is 11.5 Å². The topological polar surface area (TPSA) is 43.4 Å². The van der Waals surface area contributed by atoms with Gasteiger partial charge < -0.3 is 14.8 Å². The first-order valence-corrected chi connectivity index (χ1v) is 6.93. The second kappa shape index (κ2) is 4.29. The molecule has 21 heavy (non-hydrogen) atoms. The van der Waals surface area contributed by atoms with Gasteiger partial charge in [-0.3, -0.25) is 0 Å². The van der Waals surface area contributed by atoms with Gasteiger partial charge in [0, 0.05) is 11.8 Å². The van der Waals surface area contributed by atoms with Crippen molar-refractivity contribution in [1.29, 1.82) is 0 Å². The molecule has 106 valence electrons. The highest BCUT2D eigenvalue weighted by Crippen LogP contribution is 2.42. The summed E-state index contributed by atoms with van der Waals surface area (Å²) in [6.45, 7) is 0. The number of aromatic nitrogens is 1. The number of ether oxygens (including phenoxy) is 2. The van der Waals surface area contributed by atoms with Crippen molar-refractivity contribution in [2.45, 2.75) is 6.29 Å². The van der Waals surface area contributed by atoms with Gasteiger partial charge in [-0.25, -0.2) is 4.98 Å². The molecule has 0 bridgehead atoms. The van der Waals surface area contributed by atoms with Gasteiger partial charge in [0.2, 0.25) is 0 Å². The van der Waals surface area contributed by atoms with E-state index in [1.54, 1.807) is 6.07 Å². The van der Waals surface area contributed by atoms with E-state index in [0.29, 0.717) is 10.8 Å². The Kier molecular flexibility index (Phi) is 2.52. The summed E-state index contributed by atoms with van der Waals surface area (Å²) in [5.41, 5.74) is 1.49. The number of thiazole rings is 1. The summed E-state index contributed by atoms with van der Waals surface area (Å²) >= 11 is 1.48. The lowest BCUT2D eigenvalue weighted by Crippen LogP contribution is -2.25. The number of hydrogen-bond donors (Lipinski definition) is 1. The molecular weight excluding hydrogens is 298 g/mol. The molecule has 3 aromatic rings. The average Bonchev–Trinajstić information content (AvgIpc) is 2.96. The summed E-state index contributed by atoms with van der Waals surface area (Å²) in [4.78, 5) is 4.42. The van der Waals surface area contributed by atoms with Crippen LogP contribution in [0.4, 0.5) is 19.6 Å². The minimum absolute atomic E-state index is 0.00566. The lowest BCUT2D eigenvalue weighted by Gasteiger charge is -2.04. The molecule has 4 nitrogen and oxygen atoms in total. The van der Waals surface area contributed by atoms with Gasteiger partial charge >= 0.3 is 6.29 Å².